The van der Waals surface area contributed by atoms with Gasteiger partial charge in [0.1, 0.15) is 5.76 Å². The summed E-state index contributed by atoms with van der Waals surface area (Å²) < 4.78 is 5.35. The number of nitrogens with zero attached hydrogens (tertiary/aromatic N) is 2. The number of hydrogen-bond acceptors (Lipinski definition) is 3. The average Bonchev–Trinajstić information content (AvgIpc) is 2.90. The van der Waals surface area contributed by atoms with Crippen LogP contribution in [0.25, 0.3) is 0 Å². The summed E-state index contributed by atoms with van der Waals surface area (Å²) in [5, 5.41) is 0. The van der Waals surface area contributed by atoms with Crippen molar-refractivity contribution < 1.29 is 9.21 Å². The van der Waals surface area contributed by atoms with Crippen LogP contribution in [-0.4, -0.2) is 46.7 Å². The number of piperazine rings is 1. The van der Waals surface area contributed by atoms with Crippen molar-refractivity contribution in [3.8, 4) is 0 Å². The van der Waals surface area contributed by atoms with Gasteiger partial charge < -0.3 is 9.32 Å². The number of furan rings is 1. The Morgan fingerprint density at radius 2 is 2.05 bits per heavy atom. The van der Waals surface area contributed by atoms with Gasteiger partial charge in [-0.15, -0.1) is 0 Å². The van der Waals surface area contributed by atoms with Crippen LogP contribution in [0.2, 0.25) is 0 Å². The van der Waals surface area contributed by atoms with Gasteiger partial charge in [-0.1, -0.05) is 29.8 Å². The number of alkyl halides is 1. The number of hydrogen-bond donors (Lipinski definition) is 0. The van der Waals surface area contributed by atoms with Crippen LogP contribution in [0.4, 0.5) is 0 Å². The normalized spacial score (nSPS) is 18.8. The highest BCUT2D eigenvalue weighted by Gasteiger charge is 2.27. The molecule has 0 aromatic carbocycles. The molecule has 1 aromatic heterocycles. The lowest BCUT2D eigenvalue weighted by atomic mass is 10.1. The Hall–Kier alpha value is -0.810. The van der Waals surface area contributed by atoms with Crippen LogP contribution in [0, 0.1) is 5.92 Å². The zero-order chi connectivity index (χ0) is 13.8. The van der Waals surface area contributed by atoms with Crippen molar-refractivity contribution in [2.75, 3.05) is 26.2 Å². The average molecular weight is 329 g/mol. The summed E-state index contributed by atoms with van der Waals surface area (Å²) in [7, 11) is 0. The first-order valence-electron chi connectivity index (χ1n) is 6.75. The zero-order valence-corrected chi connectivity index (χ0v) is 13.1. The van der Waals surface area contributed by atoms with Gasteiger partial charge in [-0.3, -0.25) is 9.69 Å². The Balaban J connectivity index is 1.80. The Morgan fingerprint density at radius 3 is 2.58 bits per heavy atom. The third-order valence-corrected chi connectivity index (χ3v) is 4.91. The highest BCUT2D eigenvalue weighted by molar-refractivity contribution is 9.10. The Bertz CT molecular complexity index is 398. The molecule has 106 valence electrons. The summed E-state index contributed by atoms with van der Waals surface area (Å²) in [5.74, 6) is 1.53. The van der Waals surface area contributed by atoms with Crippen molar-refractivity contribution in [2.45, 2.75) is 25.2 Å². The fraction of sp³-hybridized carbons (Fsp3) is 0.643. The number of amides is 1. The topological polar surface area (TPSA) is 36.7 Å². The van der Waals surface area contributed by atoms with Crippen LogP contribution in [0.3, 0.4) is 0 Å². The summed E-state index contributed by atoms with van der Waals surface area (Å²) in [5.41, 5.74) is 0. The quantitative estimate of drug-likeness (QED) is 0.796. The van der Waals surface area contributed by atoms with Crippen LogP contribution in [0.15, 0.2) is 22.8 Å². The van der Waals surface area contributed by atoms with E-state index in [1.807, 2.05) is 17.0 Å². The molecule has 19 heavy (non-hydrogen) atoms. The first-order chi connectivity index (χ1) is 9.08. The Kier molecular flexibility index (Phi) is 5.05. The molecule has 1 atom stereocenters. The highest BCUT2D eigenvalue weighted by Crippen LogP contribution is 2.17. The number of carbonyl (C=O) groups is 1. The Labute approximate surface area is 122 Å². The van der Waals surface area contributed by atoms with Gasteiger partial charge >= 0.3 is 0 Å². The molecule has 1 aliphatic heterocycles. The largest absolute Gasteiger partial charge is 0.468 e. The smallest absolute Gasteiger partial charge is 0.236 e. The summed E-state index contributed by atoms with van der Waals surface area (Å²) in [6.45, 7) is 8.36. The second-order valence-electron chi connectivity index (χ2n) is 5.33. The standard InChI is InChI=1S/C14H21BrN2O2/c1-11(2)13(15)14(18)17-7-5-16(6-8-17)10-12-4-3-9-19-12/h3-4,9,11,13H,5-8,10H2,1-2H3. The zero-order valence-electron chi connectivity index (χ0n) is 11.5. The minimum atomic E-state index is -0.0656. The molecule has 4 nitrogen and oxygen atoms in total. The fourth-order valence-corrected chi connectivity index (χ4v) is 2.50. The van der Waals surface area contributed by atoms with Gasteiger partial charge in [-0.25, -0.2) is 0 Å². The van der Waals surface area contributed by atoms with Gasteiger partial charge in [0.2, 0.25) is 5.91 Å². The minimum absolute atomic E-state index is 0.0656. The molecule has 1 aromatic rings. The fourth-order valence-electron chi connectivity index (χ4n) is 2.21. The summed E-state index contributed by atoms with van der Waals surface area (Å²) in [6.07, 6.45) is 1.70. The van der Waals surface area contributed by atoms with E-state index in [0.29, 0.717) is 5.92 Å². The summed E-state index contributed by atoms with van der Waals surface area (Å²) in [6, 6.07) is 3.90. The number of rotatable bonds is 4. The van der Waals surface area contributed by atoms with E-state index in [9.17, 15) is 4.79 Å². The van der Waals surface area contributed by atoms with E-state index in [2.05, 4.69) is 34.7 Å². The van der Waals surface area contributed by atoms with Gasteiger partial charge in [0.25, 0.3) is 0 Å². The molecular weight excluding hydrogens is 308 g/mol. The van der Waals surface area contributed by atoms with Gasteiger partial charge in [0.05, 0.1) is 17.6 Å². The van der Waals surface area contributed by atoms with Gasteiger partial charge in [0.15, 0.2) is 0 Å². The molecule has 0 saturated carbocycles. The van der Waals surface area contributed by atoms with Crippen molar-refractivity contribution in [3.63, 3.8) is 0 Å². The van der Waals surface area contributed by atoms with Crippen molar-refractivity contribution in [1.82, 2.24) is 9.80 Å². The predicted octanol–water partition coefficient (Wildman–Crippen LogP) is 2.34. The molecule has 1 fully saturated rings. The molecule has 1 unspecified atom stereocenters. The van der Waals surface area contributed by atoms with Crippen molar-refractivity contribution >= 4 is 21.8 Å². The molecule has 2 heterocycles. The first kappa shape index (κ1) is 14.6. The number of halogens is 1. The van der Waals surface area contributed by atoms with Crippen LogP contribution < -0.4 is 0 Å². The maximum atomic E-state index is 12.2. The summed E-state index contributed by atoms with van der Waals surface area (Å²) >= 11 is 3.49. The highest BCUT2D eigenvalue weighted by atomic mass is 79.9. The molecule has 0 radical (unpaired) electrons. The second-order valence-corrected chi connectivity index (χ2v) is 6.31. The molecule has 0 spiro atoms. The predicted molar refractivity (Wildman–Crippen MR) is 78.1 cm³/mol. The lowest BCUT2D eigenvalue weighted by Gasteiger charge is -2.35. The maximum absolute atomic E-state index is 12.2. The molecular formula is C14H21BrN2O2. The van der Waals surface area contributed by atoms with Gasteiger partial charge in [0, 0.05) is 26.2 Å². The molecule has 2 rings (SSSR count). The van der Waals surface area contributed by atoms with Crippen LogP contribution in [-0.2, 0) is 11.3 Å². The van der Waals surface area contributed by atoms with Crippen molar-refractivity contribution in [1.29, 1.82) is 0 Å². The van der Waals surface area contributed by atoms with E-state index in [1.54, 1.807) is 6.26 Å². The van der Waals surface area contributed by atoms with Gasteiger partial charge in [-0.2, -0.15) is 0 Å². The van der Waals surface area contributed by atoms with Gasteiger partial charge in [-0.05, 0) is 18.1 Å². The van der Waals surface area contributed by atoms with Crippen LogP contribution >= 0.6 is 15.9 Å². The monoisotopic (exact) mass is 328 g/mol. The molecule has 0 aliphatic carbocycles. The second kappa shape index (κ2) is 6.57. The van der Waals surface area contributed by atoms with Crippen LogP contribution in [0.5, 0.6) is 0 Å². The first-order valence-corrected chi connectivity index (χ1v) is 7.67. The molecule has 1 aliphatic rings. The van der Waals surface area contributed by atoms with E-state index >= 15 is 0 Å². The molecule has 0 bridgehead atoms. The lowest BCUT2D eigenvalue weighted by molar-refractivity contribution is -0.133. The molecule has 5 heteroatoms. The third-order valence-electron chi connectivity index (χ3n) is 3.46. The maximum Gasteiger partial charge on any atom is 0.236 e. The van der Waals surface area contributed by atoms with E-state index in [0.717, 1.165) is 38.5 Å². The minimum Gasteiger partial charge on any atom is -0.468 e. The molecule has 1 amide bonds. The molecule has 1 saturated heterocycles. The van der Waals surface area contributed by atoms with Crippen molar-refractivity contribution in [3.05, 3.63) is 24.2 Å². The van der Waals surface area contributed by atoms with Crippen molar-refractivity contribution in [2.24, 2.45) is 5.92 Å². The molecule has 0 N–H and O–H groups in total. The third kappa shape index (κ3) is 3.83. The van der Waals surface area contributed by atoms with E-state index in [4.69, 9.17) is 4.42 Å². The van der Waals surface area contributed by atoms with E-state index < -0.39 is 0 Å². The SMILES string of the molecule is CC(C)C(Br)C(=O)N1CCN(Cc2ccco2)CC1. The van der Waals surface area contributed by atoms with Crippen LogP contribution in [0.1, 0.15) is 19.6 Å². The summed E-state index contributed by atoms with van der Waals surface area (Å²) in [4.78, 5) is 16.4. The number of carbonyl (C=O) groups excluding carboxylic acids is 1. The Morgan fingerprint density at radius 1 is 1.37 bits per heavy atom. The lowest BCUT2D eigenvalue weighted by Crippen LogP contribution is -2.50. The van der Waals surface area contributed by atoms with E-state index in [-0.39, 0.29) is 10.7 Å². The van der Waals surface area contributed by atoms with E-state index in [1.165, 1.54) is 0 Å².